The average Bonchev–Trinajstić information content (AvgIpc) is 3.26. The van der Waals surface area contributed by atoms with Crippen molar-refractivity contribution in [2.45, 2.75) is 97.2 Å². The zero-order chi connectivity index (χ0) is 27.7. The molecule has 6 nitrogen and oxygen atoms in total. The summed E-state index contributed by atoms with van der Waals surface area (Å²) in [5, 5.41) is 11.8. The molecule has 218 valence electrons. The highest BCUT2D eigenvalue weighted by molar-refractivity contribution is 6.18. The number of aliphatic hydroxyl groups is 1. The van der Waals surface area contributed by atoms with Crippen LogP contribution < -0.4 is 0 Å². The summed E-state index contributed by atoms with van der Waals surface area (Å²) in [4.78, 5) is 26.2. The maximum atomic E-state index is 12.8. The van der Waals surface area contributed by atoms with E-state index in [1.54, 1.807) is 4.90 Å². The molecule has 1 amide bonds. The first-order valence-corrected chi connectivity index (χ1v) is 16.0. The highest BCUT2D eigenvalue weighted by Crippen LogP contribution is 2.68. The minimum atomic E-state index is -0.312. The molecule has 4 aliphatic rings. The molecule has 0 aromatic carbocycles. The highest BCUT2D eigenvalue weighted by Gasteiger charge is 2.63. The number of nitrogens with zero attached hydrogens (tertiary/aromatic N) is 1. The number of esters is 1. The number of amides is 1. The van der Waals surface area contributed by atoms with E-state index in [1.807, 2.05) is 0 Å². The van der Waals surface area contributed by atoms with Gasteiger partial charge in [0.2, 0.25) is 0 Å². The first-order chi connectivity index (χ1) is 18.1. The van der Waals surface area contributed by atoms with Crippen LogP contribution in [-0.4, -0.2) is 66.2 Å². The monoisotopic (exact) mass is 573 g/mol. The normalized spacial score (nSPS) is 40.9. The van der Waals surface area contributed by atoms with Crippen molar-refractivity contribution in [2.24, 2.45) is 46.3 Å². The second-order valence-corrected chi connectivity index (χ2v) is 14.0. The summed E-state index contributed by atoms with van der Waals surface area (Å²) in [6.07, 6.45) is 9.00. The van der Waals surface area contributed by atoms with Crippen molar-refractivity contribution in [3.05, 3.63) is 0 Å². The number of alkyl halides is 2. The molecule has 8 heteroatoms. The Balaban J connectivity index is 1.42. The van der Waals surface area contributed by atoms with Gasteiger partial charge in [0.05, 0.1) is 13.2 Å². The number of rotatable bonds is 9. The number of fused-ring (bicyclic) bond motifs is 5. The van der Waals surface area contributed by atoms with Crippen LogP contribution in [-0.2, 0) is 14.3 Å². The Morgan fingerprint density at radius 2 is 1.74 bits per heavy atom. The fraction of sp³-hybridized carbons (Fsp3) is 0.933. The number of carbonyl (C=O) groups excluding carboxylic acids is 2. The second-order valence-electron chi connectivity index (χ2n) is 13.2. The van der Waals surface area contributed by atoms with Crippen molar-refractivity contribution < 1.29 is 24.2 Å². The predicted octanol–water partition coefficient (Wildman–Crippen LogP) is 6.49. The summed E-state index contributed by atoms with van der Waals surface area (Å²) in [6, 6.07) is 0. The fourth-order valence-electron chi connectivity index (χ4n) is 9.61. The lowest BCUT2D eigenvalue weighted by atomic mass is 9.43. The van der Waals surface area contributed by atoms with Gasteiger partial charge in [0.15, 0.2) is 0 Å². The molecule has 0 saturated heterocycles. The molecule has 0 heterocycles. The number of hydrogen-bond donors (Lipinski definition) is 1. The predicted molar refractivity (Wildman–Crippen MR) is 150 cm³/mol. The van der Waals surface area contributed by atoms with Crippen molar-refractivity contribution in [3.63, 3.8) is 0 Å². The Kier molecular flexibility index (Phi) is 9.89. The molecule has 0 radical (unpaired) electrons. The second kappa shape index (κ2) is 12.4. The lowest BCUT2D eigenvalue weighted by Crippen LogP contribution is -2.59. The zero-order valence-corrected chi connectivity index (χ0v) is 25.3. The number of aliphatic hydroxyl groups excluding tert-OH is 1. The van der Waals surface area contributed by atoms with E-state index in [2.05, 4.69) is 20.8 Å². The summed E-state index contributed by atoms with van der Waals surface area (Å²) < 4.78 is 10.9. The maximum absolute atomic E-state index is 12.8. The smallest absolute Gasteiger partial charge is 0.410 e. The number of halogens is 2. The van der Waals surface area contributed by atoms with Crippen LogP contribution in [0.4, 0.5) is 4.79 Å². The molecule has 0 aromatic rings. The van der Waals surface area contributed by atoms with E-state index in [4.69, 9.17) is 32.7 Å². The van der Waals surface area contributed by atoms with Crippen LogP contribution in [0.1, 0.15) is 85.0 Å². The molecule has 10 atom stereocenters. The van der Waals surface area contributed by atoms with Gasteiger partial charge in [-0.05, 0) is 104 Å². The summed E-state index contributed by atoms with van der Waals surface area (Å²) >= 11 is 11.8. The van der Waals surface area contributed by atoms with Crippen LogP contribution in [0, 0.1) is 46.3 Å². The van der Waals surface area contributed by atoms with Crippen molar-refractivity contribution in [3.8, 4) is 0 Å². The highest BCUT2D eigenvalue weighted by atomic mass is 35.5. The lowest BCUT2D eigenvalue weighted by molar-refractivity contribution is -0.175. The van der Waals surface area contributed by atoms with Crippen molar-refractivity contribution >= 4 is 35.3 Å². The standard InChI is InChI=1S/C30H49Cl2NO5/c1-19(5-10-27(35)37-4)23-8-9-24-22-7-6-20-17-21(38-28(36)33(15-13-31)16-14-32)11-12-29(20,2)25(22)18-26(34)30(23,24)3/h19-26,34H,5-18H2,1-4H3/t19-,20-,21-,22+,23-,24+,25+,26+,29+,30-/m1/s1. The Bertz CT molecular complexity index is 837. The molecule has 4 fully saturated rings. The first-order valence-electron chi connectivity index (χ1n) is 14.9. The molecular formula is C30H49Cl2NO5. The fourth-order valence-corrected chi connectivity index (χ4v) is 10.0. The number of hydrogen-bond acceptors (Lipinski definition) is 5. The third kappa shape index (κ3) is 5.57. The van der Waals surface area contributed by atoms with Gasteiger partial charge in [-0.2, -0.15) is 0 Å². The van der Waals surface area contributed by atoms with E-state index < -0.39 is 0 Å². The third-order valence-corrected chi connectivity index (χ3v) is 12.1. The molecule has 0 spiro atoms. The van der Waals surface area contributed by atoms with Crippen LogP contribution in [0.5, 0.6) is 0 Å². The molecule has 0 bridgehead atoms. The summed E-state index contributed by atoms with van der Waals surface area (Å²) in [5.74, 6) is 3.64. The van der Waals surface area contributed by atoms with Gasteiger partial charge in [-0.25, -0.2) is 4.79 Å². The number of carbonyl (C=O) groups is 2. The molecule has 0 aromatic heterocycles. The lowest BCUT2D eigenvalue weighted by Gasteiger charge is -2.62. The first kappa shape index (κ1) is 30.2. The van der Waals surface area contributed by atoms with E-state index in [1.165, 1.54) is 26.4 Å². The molecule has 0 aliphatic heterocycles. The van der Waals surface area contributed by atoms with Crippen LogP contribution in [0.25, 0.3) is 0 Å². The Labute approximate surface area is 239 Å². The zero-order valence-electron chi connectivity index (χ0n) is 23.8. The Hall–Kier alpha value is -0.720. The van der Waals surface area contributed by atoms with Gasteiger partial charge in [0, 0.05) is 31.3 Å². The molecule has 38 heavy (non-hydrogen) atoms. The van der Waals surface area contributed by atoms with Crippen molar-refractivity contribution in [1.29, 1.82) is 0 Å². The van der Waals surface area contributed by atoms with E-state index in [-0.39, 0.29) is 35.1 Å². The minimum absolute atomic E-state index is 0.0597. The molecular weight excluding hydrogens is 525 g/mol. The van der Waals surface area contributed by atoms with Gasteiger partial charge in [-0.1, -0.05) is 20.8 Å². The van der Waals surface area contributed by atoms with Crippen LogP contribution in [0.2, 0.25) is 0 Å². The van der Waals surface area contributed by atoms with Crippen LogP contribution in [0.3, 0.4) is 0 Å². The largest absolute Gasteiger partial charge is 0.469 e. The Morgan fingerprint density at radius 3 is 2.39 bits per heavy atom. The van der Waals surface area contributed by atoms with E-state index >= 15 is 0 Å². The van der Waals surface area contributed by atoms with Crippen LogP contribution in [0.15, 0.2) is 0 Å². The van der Waals surface area contributed by atoms with Gasteiger partial charge in [-0.15, -0.1) is 23.2 Å². The van der Waals surface area contributed by atoms with Gasteiger partial charge in [0.25, 0.3) is 0 Å². The van der Waals surface area contributed by atoms with Gasteiger partial charge in [0.1, 0.15) is 6.10 Å². The SMILES string of the molecule is COC(=O)CC[C@@H](C)[C@H]1CC[C@H]2[C@@H]3CC[C@@H]4C[C@H](OC(=O)N(CCCl)CCCl)CC[C@]4(C)[C@H]3C[C@H](O)[C@]12C. The summed E-state index contributed by atoms with van der Waals surface area (Å²) in [7, 11) is 1.46. The summed E-state index contributed by atoms with van der Waals surface area (Å²) in [6.45, 7) is 7.97. The maximum Gasteiger partial charge on any atom is 0.410 e. The van der Waals surface area contributed by atoms with Gasteiger partial charge < -0.3 is 19.5 Å². The number of methoxy groups -OCH3 is 1. The average molecular weight is 575 g/mol. The van der Waals surface area contributed by atoms with E-state index in [9.17, 15) is 14.7 Å². The molecule has 0 unspecified atom stereocenters. The van der Waals surface area contributed by atoms with Crippen molar-refractivity contribution in [2.75, 3.05) is 32.0 Å². The Morgan fingerprint density at radius 1 is 1.03 bits per heavy atom. The van der Waals surface area contributed by atoms with Gasteiger partial charge in [-0.3, -0.25) is 4.79 Å². The molecule has 4 rings (SSSR count). The molecule has 1 N–H and O–H groups in total. The van der Waals surface area contributed by atoms with Gasteiger partial charge >= 0.3 is 12.1 Å². The van der Waals surface area contributed by atoms with E-state index in [0.29, 0.717) is 66.8 Å². The van der Waals surface area contributed by atoms with E-state index in [0.717, 1.165) is 38.5 Å². The topological polar surface area (TPSA) is 76.1 Å². The number of ether oxygens (including phenoxy) is 2. The summed E-state index contributed by atoms with van der Waals surface area (Å²) in [5.41, 5.74) is 0.0929. The molecule has 4 aliphatic carbocycles. The minimum Gasteiger partial charge on any atom is -0.469 e. The quantitative estimate of drug-likeness (QED) is 0.252. The third-order valence-electron chi connectivity index (χ3n) is 11.7. The molecule has 4 saturated carbocycles. The van der Waals surface area contributed by atoms with Crippen LogP contribution >= 0.6 is 23.2 Å². The van der Waals surface area contributed by atoms with Crippen molar-refractivity contribution in [1.82, 2.24) is 4.90 Å².